The van der Waals surface area contributed by atoms with Gasteiger partial charge in [-0.3, -0.25) is 4.90 Å². The molecule has 100 valence electrons. The van der Waals surface area contributed by atoms with E-state index in [4.69, 9.17) is 4.74 Å². The predicted molar refractivity (Wildman–Crippen MR) is 72.9 cm³/mol. The lowest BCUT2D eigenvalue weighted by molar-refractivity contribution is 0.0292. The van der Waals surface area contributed by atoms with E-state index in [-0.39, 0.29) is 6.04 Å². The van der Waals surface area contributed by atoms with Crippen LogP contribution in [0.15, 0.2) is 18.2 Å². The number of benzene rings is 1. The highest BCUT2D eigenvalue weighted by Crippen LogP contribution is 2.31. The maximum atomic E-state index is 10.0. The standard InChI is InChI=1S/C15H23NO2/c1-11-4-5-14(15(17)10-11)12(2)16-8-6-13(18-3)7-9-16/h4-5,10,12-13,17H,6-9H2,1-3H3. The highest BCUT2D eigenvalue weighted by Gasteiger charge is 2.24. The van der Waals surface area contributed by atoms with Crippen LogP contribution in [0.3, 0.4) is 0 Å². The Balaban J connectivity index is 2.05. The molecule has 1 aliphatic heterocycles. The molecule has 0 aromatic heterocycles. The van der Waals surface area contributed by atoms with Crippen molar-refractivity contribution in [2.45, 2.75) is 38.8 Å². The number of aryl methyl sites for hydroxylation is 1. The first-order valence-corrected chi connectivity index (χ1v) is 6.68. The fourth-order valence-corrected chi connectivity index (χ4v) is 2.70. The Morgan fingerprint density at radius 3 is 2.56 bits per heavy atom. The molecule has 2 rings (SSSR count). The summed E-state index contributed by atoms with van der Waals surface area (Å²) in [4.78, 5) is 2.42. The molecule has 18 heavy (non-hydrogen) atoms. The van der Waals surface area contributed by atoms with Gasteiger partial charge in [-0.25, -0.2) is 0 Å². The number of nitrogens with zero attached hydrogens (tertiary/aromatic N) is 1. The average Bonchev–Trinajstić information content (AvgIpc) is 2.38. The van der Waals surface area contributed by atoms with Gasteiger partial charge in [0.1, 0.15) is 5.75 Å². The second-order valence-corrected chi connectivity index (χ2v) is 5.21. The van der Waals surface area contributed by atoms with E-state index >= 15 is 0 Å². The molecule has 1 unspecified atom stereocenters. The number of aromatic hydroxyl groups is 1. The van der Waals surface area contributed by atoms with Gasteiger partial charge in [-0.1, -0.05) is 12.1 Å². The number of ether oxygens (including phenoxy) is 1. The summed E-state index contributed by atoms with van der Waals surface area (Å²) in [5.74, 6) is 0.413. The van der Waals surface area contributed by atoms with Crippen LogP contribution in [0.4, 0.5) is 0 Å². The number of piperidine rings is 1. The van der Waals surface area contributed by atoms with Gasteiger partial charge in [-0.15, -0.1) is 0 Å². The first kappa shape index (κ1) is 13.4. The van der Waals surface area contributed by atoms with Gasteiger partial charge in [0.25, 0.3) is 0 Å². The number of hydrogen-bond acceptors (Lipinski definition) is 3. The van der Waals surface area contributed by atoms with Crippen molar-refractivity contribution >= 4 is 0 Å². The van der Waals surface area contributed by atoms with E-state index in [0.29, 0.717) is 11.9 Å². The van der Waals surface area contributed by atoms with Crippen molar-refractivity contribution < 1.29 is 9.84 Å². The summed E-state index contributed by atoms with van der Waals surface area (Å²) >= 11 is 0. The summed E-state index contributed by atoms with van der Waals surface area (Å²) in [5.41, 5.74) is 2.12. The van der Waals surface area contributed by atoms with Crippen LogP contribution in [-0.4, -0.2) is 36.3 Å². The van der Waals surface area contributed by atoms with E-state index in [9.17, 15) is 5.11 Å². The predicted octanol–water partition coefficient (Wildman–Crippen LogP) is 2.87. The lowest BCUT2D eigenvalue weighted by Gasteiger charge is -2.35. The van der Waals surface area contributed by atoms with Crippen LogP contribution in [0.25, 0.3) is 0 Å². The number of phenolic OH excluding ortho intramolecular Hbond substituents is 1. The van der Waals surface area contributed by atoms with Crippen LogP contribution in [0.2, 0.25) is 0 Å². The van der Waals surface area contributed by atoms with Crippen molar-refractivity contribution in [2.24, 2.45) is 0 Å². The molecular formula is C15H23NO2. The van der Waals surface area contributed by atoms with Crippen molar-refractivity contribution in [3.8, 4) is 5.75 Å². The van der Waals surface area contributed by atoms with E-state index in [1.165, 1.54) is 0 Å². The zero-order valence-electron chi connectivity index (χ0n) is 11.5. The van der Waals surface area contributed by atoms with Crippen molar-refractivity contribution in [1.82, 2.24) is 4.90 Å². The second-order valence-electron chi connectivity index (χ2n) is 5.21. The van der Waals surface area contributed by atoms with Gasteiger partial charge in [-0.05, 0) is 38.3 Å². The van der Waals surface area contributed by atoms with Gasteiger partial charge < -0.3 is 9.84 Å². The Morgan fingerprint density at radius 1 is 1.33 bits per heavy atom. The Kier molecular flexibility index (Phi) is 4.25. The van der Waals surface area contributed by atoms with Crippen LogP contribution in [0, 0.1) is 6.92 Å². The summed E-state index contributed by atoms with van der Waals surface area (Å²) in [6, 6.07) is 6.21. The molecule has 1 N–H and O–H groups in total. The quantitative estimate of drug-likeness (QED) is 0.894. The lowest BCUT2D eigenvalue weighted by atomic mass is 10.00. The zero-order valence-corrected chi connectivity index (χ0v) is 11.5. The van der Waals surface area contributed by atoms with Crippen LogP contribution in [0.5, 0.6) is 5.75 Å². The van der Waals surface area contributed by atoms with Gasteiger partial charge in [0.15, 0.2) is 0 Å². The molecule has 0 aliphatic carbocycles. The molecule has 0 saturated carbocycles. The van der Waals surface area contributed by atoms with E-state index in [2.05, 4.69) is 17.9 Å². The van der Waals surface area contributed by atoms with Crippen molar-refractivity contribution in [3.63, 3.8) is 0 Å². The van der Waals surface area contributed by atoms with Crippen LogP contribution in [0.1, 0.15) is 36.9 Å². The Bertz CT molecular complexity index is 397. The third kappa shape index (κ3) is 2.85. The molecule has 0 radical (unpaired) electrons. The van der Waals surface area contributed by atoms with Crippen molar-refractivity contribution in [2.75, 3.05) is 20.2 Å². The van der Waals surface area contributed by atoms with Crippen molar-refractivity contribution in [3.05, 3.63) is 29.3 Å². The number of hydrogen-bond donors (Lipinski definition) is 1. The highest BCUT2D eigenvalue weighted by molar-refractivity contribution is 5.37. The fourth-order valence-electron chi connectivity index (χ4n) is 2.70. The summed E-state index contributed by atoms with van der Waals surface area (Å²) in [6.45, 7) is 6.23. The monoisotopic (exact) mass is 249 g/mol. The maximum absolute atomic E-state index is 10.0. The molecule has 3 heteroatoms. The Labute approximate surface area is 109 Å². The molecule has 0 spiro atoms. The molecule has 0 amide bonds. The minimum absolute atomic E-state index is 0.267. The molecule has 0 bridgehead atoms. The van der Waals surface area contributed by atoms with Crippen LogP contribution in [-0.2, 0) is 4.74 Å². The number of phenols is 1. The molecule has 1 aromatic carbocycles. The molecule has 1 atom stereocenters. The molecular weight excluding hydrogens is 226 g/mol. The normalized spacial score (nSPS) is 19.9. The first-order valence-electron chi connectivity index (χ1n) is 6.68. The third-order valence-corrected chi connectivity index (χ3v) is 3.99. The van der Waals surface area contributed by atoms with E-state index in [1.54, 1.807) is 7.11 Å². The first-order chi connectivity index (χ1) is 8.61. The minimum atomic E-state index is 0.267. The van der Waals surface area contributed by atoms with Crippen LogP contribution < -0.4 is 0 Å². The lowest BCUT2D eigenvalue weighted by Crippen LogP contribution is -2.38. The highest BCUT2D eigenvalue weighted by atomic mass is 16.5. The average molecular weight is 249 g/mol. The van der Waals surface area contributed by atoms with Crippen molar-refractivity contribution in [1.29, 1.82) is 0 Å². The van der Waals surface area contributed by atoms with E-state index < -0.39 is 0 Å². The summed E-state index contributed by atoms with van der Waals surface area (Å²) in [7, 11) is 1.79. The Morgan fingerprint density at radius 2 is 2.00 bits per heavy atom. The second kappa shape index (κ2) is 5.72. The zero-order chi connectivity index (χ0) is 13.1. The van der Waals surface area contributed by atoms with Gasteiger partial charge in [-0.2, -0.15) is 0 Å². The topological polar surface area (TPSA) is 32.7 Å². The van der Waals surface area contributed by atoms with Gasteiger partial charge in [0.2, 0.25) is 0 Å². The van der Waals surface area contributed by atoms with Gasteiger partial charge in [0, 0.05) is 31.8 Å². The number of rotatable bonds is 3. The van der Waals surface area contributed by atoms with E-state index in [0.717, 1.165) is 37.1 Å². The SMILES string of the molecule is COC1CCN(C(C)c2ccc(C)cc2O)CC1. The molecule has 1 aliphatic rings. The molecule has 1 saturated heterocycles. The summed E-state index contributed by atoms with van der Waals surface area (Å²) in [6.07, 6.45) is 2.56. The van der Waals surface area contributed by atoms with Gasteiger partial charge in [0.05, 0.1) is 6.10 Å². The van der Waals surface area contributed by atoms with Gasteiger partial charge >= 0.3 is 0 Å². The van der Waals surface area contributed by atoms with Crippen LogP contribution >= 0.6 is 0 Å². The fraction of sp³-hybridized carbons (Fsp3) is 0.600. The smallest absolute Gasteiger partial charge is 0.120 e. The molecule has 1 fully saturated rings. The summed E-state index contributed by atoms with van der Waals surface area (Å²) in [5, 5.41) is 10.0. The molecule has 1 heterocycles. The molecule has 1 aromatic rings. The summed E-state index contributed by atoms with van der Waals surface area (Å²) < 4.78 is 5.39. The largest absolute Gasteiger partial charge is 0.508 e. The number of methoxy groups -OCH3 is 1. The molecule has 3 nitrogen and oxygen atoms in total. The maximum Gasteiger partial charge on any atom is 0.120 e. The Hall–Kier alpha value is -1.06. The third-order valence-electron chi connectivity index (χ3n) is 3.99. The minimum Gasteiger partial charge on any atom is -0.508 e. The number of likely N-dealkylation sites (tertiary alicyclic amines) is 1. The van der Waals surface area contributed by atoms with E-state index in [1.807, 2.05) is 19.1 Å².